The number of nitrogens with zero attached hydrogens (tertiary/aromatic N) is 3. The lowest BCUT2D eigenvalue weighted by Gasteiger charge is -2.26. The second kappa shape index (κ2) is 6.57. The third kappa shape index (κ3) is 2.97. The van der Waals surface area contributed by atoms with Crippen molar-refractivity contribution in [3.05, 3.63) is 50.6 Å². The third-order valence-electron chi connectivity index (χ3n) is 4.25. The van der Waals surface area contributed by atoms with E-state index in [4.69, 9.17) is 0 Å². The number of hydrogen-bond donors (Lipinski definition) is 1. The summed E-state index contributed by atoms with van der Waals surface area (Å²) in [6, 6.07) is 5.90. The highest BCUT2D eigenvalue weighted by Crippen LogP contribution is 2.19. The molecule has 1 saturated heterocycles. The molecule has 24 heavy (non-hydrogen) atoms. The van der Waals surface area contributed by atoms with Gasteiger partial charge < -0.3 is 4.90 Å². The van der Waals surface area contributed by atoms with Crippen LogP contribution in [0.4, 0.5) is 5.95 Å². The third-order valence-corrected chi connectivity index (χ3v) is 5.09. The average Bonchev–Trinajstić information content (AvgIpc) is 3.14. The monoisotopic (exact) mass is 338 g/mol. The molecule has 0 unspecified atom stereocenters. The number of pyridine rings is 1. The van der Waals surface area contributed by atoms with E-state index in [1.165, 1.54) is 6.42 Å². The van der Waals surface area contributed by atoms with Crippen molar-refractivity contribution in [3.8, 4) is 0 Å². The van der Waals surface area contributed by atoms with Gasteiger partial charge in [-0.05, 0) is 48.4 Å². The lowest BCUT2D eigenvalue weighted by atomic mass is 10.1. The van der Waals surface area contributed by atoms with E-state index in [2.05, 4.69) is 19.9 Å². The lowest BCUT2D eigenvalue weighted by molar-refractivity contribution is 0.568. The standard InChI is InChI=1S/C18H18N4OS/c23-17-15-13(6-7-14-5-4-12-24-14)8-9-19-16(15)20-18(21-17)22-10-2-1-3-11-22/h4-9,12H,1-3,10-11H2,(H,19,20,21,23)/b7-6+. The van der Waals surface area contributed by atoms with Gasteiger partial charge in [-0.15, -0.1) is 11.3 Å². The van der Waals surface area contributed by atoms with Crippen molar-refractivity contribution in [2.75, 3.05) is 18.0 Å². The Kier molecular flexibility index (Phi) is 4.13. The zero-order chi connectivity index (χ0) is 16.4. The van der Waals surface area contributed by atoms with Gasteiger partial charge in [0.15, 0.2) is 5.65 Å². The van der Waals surface area contributed by atoms with Gasteiger partial charge in [-0.1, -0.05) is 12.1 Å². The first-order valence-corrected chi connectivity index (χ1v) is 9.05. The fourth-order valence-corrected chi connectivity index (χ4v) is 3.65. The number of hydrogen-bond acceptors (Lipinski definition) is 5. The van der Waals surface area contributed by atoms with Crippen LogP contribution >= 0.6 is 11.3 Å². The SMILES string of the molecule is O=c1[nH]c(N2CCCCC2)nc2nccc(/C=C/c3cccs3)c12. The molecule has 5 nitrogen and oxygen atoms in total. The Morgan fingerprint density at radius 1 is 1.17 bits per heavy atom. The second-order valence-electron chi connectivity index (χ2n) is 5.88. The Balaban J connectivity index is 1.75. The maximum Gasteiger partial charge on any atom is 0.262 e. The van der Waals surface area contributed by atoms with Crippen LogP contribution in [0.3, 0.4) is 0 Å². The Morgan fingerprint density at radius 3 is 2.83 bits per heavy atom. The molecule has 4 heterocycles. The number of anilines is 1. The highest BCUT2D eigenvalue weighted by Gasteiger charge is 2.15. The number of rotatable bonds is 3. The topological polar surface area (TPSA) is 61.9 Å². The first-order valence-electron chi connectivity index (χ1n) is 8.17. The molecule has 6 heteroatoms. The van der Waals surface area contributed by atoms with Crippen molar-refractivity contribution in [2.24, 2.45) is 0 Å². The molecule has 0 aliphatic carbocycles. The van der Waals surface area contributed by atoms with Crippen LogP contribution in [0.1, 0.15) is 29.7 Å². The van der Waals surface area contributed by atoms with E-state index >= 15 is 0 Å². The molecule has 3 aromatic rings. The van der Waals surface area contributed by atoms with Crippen LogP contribution in [-0.4, -0.2) is 28.0 Å². The minimum Gasteiger partial charge on any atom is -0.342 e. The molecule has 1 aliphatic rings. The Labute approximate surface area is 143 Å². The summed E-state index contributed by atoms with van der Waals surface area (Å²) in [6.07, 6.45) is 9.19. The van der Waals surface area contributed by atoms with Crippen molar-refractivity contribution >= 4 is 40.5 Å². The van der Waals surface area contributed by atoms with Gasteiger partial charge >= 0.3 is 0 Å². The predicted octanol–water partition coefficient (Wildman–Crippen LogP) is 3.54. The molecule has 122 valence electrons. The Morgan fingerprint density at radius 2 is 2.04 bits per heavy atom. The number of fused-ring (bicyclic) bond motifs is 1. The number of piperidine rings is 1. The zero-order valence-corrected chi connectivity index (χ0v) is 14.1. The van der Waals surface area contributed by atoms with Gasteiger partial charge in [-0.3, -0.25) is 9.78 Å². The first-order chi connectivity index (χ1) is 11.8. The molecular weight excluding hydrogens is 320 g/mol. The van der Waals surface area contributed by atoms with Crippen molar-refractivity contribution in [1.29, 1.82) is 0 Å². The van der Waals surface area contributed by atoms with Crippen LogP contribution in [0.15, 0.2) is 34.6 Å². The van der Waals surface area contributed by atoms with Crippen LogP contribution in [0.5, 0.6) is 0 Å². The van der Waals surface area contributed by atoms with Gasteiger partial charge in [0.05, 0.1) is 5.39 Å². The molecule has 0 radical (unpaired) electrons. The normalized spacial score (nSPS) is 15.4. The van der Waals surface area contributed by atoms with E-state index in [0.717, 1.165) is 36.4 Å². The molecule has 1 aliphatic heterocycles. The molecule has 1 fully saturated rings. The van der Waals surface area contributed by atoms with Crippen LogP contribution < -0.4 is 10.5 Å². The number of thiophene rings is 1. The molecule has 0 amide bonds. The zero-order valence-electron chi connectivity index (χ0n) is 13.2. The lowest BCUT2D eigenvalue weighted by Crippen LogP contribution is -2.32. The van der Waals surface area contributed by atoms with Crippen molar-refractivity contribution in [3.63, 3.8) is 0 Å². The summed E-state index contributed by atoms with van der Waals surface area (Å²) >= 11 is 1.66. The Bertz CT molecular complexity index is 924. The molecule has 3 aromatic heterocycles. The molecule has 0 saturated carbocycles. The van der Waals surface area contributed by atoms with E-state index in [9.17, 15) is 4.79 Å². The van der Waals surface area contributed by atoms with E-state index in [1.54, 1.807) is 17.5 Å². The van der Waals surface area contributed by atoms with Gasteiger partial charge in [0.2, 0.25) is 5.95 Å². The molecule has 1 N–H and O–H groups in total. The van der Waals surface area contributed by atoms with E-state index in [-0.39, 0.29) is 5.56 Å². The second-order valence-corrected chi connectivity index (χ2v) is 6.86. The van der Waals surface area contributed by atoms with E-state index in [1.807, 2.05) is 35.7 Å². The number of aromatic nitrogens is 3. The van der Waals surface area contributed by atoms with E-state index < -0.39 is 0 Å². The molecular formula is C18H18N4OS. The summed E-state index contributed by atoms with van der Waals surface area (Å²) < 4.78 is 0. The fraction of sp³-hybridized carbons (Fsp3) is 0.278. The summed E-state index contributed by atoms with van der Waals surface area (Å²) in [7, 11) is 0. The van der Waals surface area contributed by atoms with Crippen molar-refractivity contribution < 1.29 is 0 Å². The number of H-pyrrole nitrogens is 1. The van der Waals surface area contributed by atoms with Crippen LogP contribution in [0, 0.1) is 0 Å². The van der Waals surface area contributed by atoms with Crippen molar-refractivity contribution in [2.45, 2.75) is 19.3 Å². The minimum atomic E-state index is -0.125. The first kappa shape index (κ1) is 15.1. The molecule has 4 rings (SSSR count). The highest BCUT2D eigenvalue weighted by atomic mass is 32.1. The van der Waals surface area contributed by atoms with Gasteiger partial charge in [-0.2, -0.15) is 4.98 Å². The maximum atomic E-state index is 12.6. The summed E-state index contributed by atoms with van der Waals surface area (Å²) in [5.74, 6) is 0.638. The van der Waals surface area contributed by atoms with Gasteiger partial charge in [-0.25, -0.2) is 4.98 Å². The predicted molar refractivity (Wildman–Crippen MR) is 99.5 cm³/mol. The maximum absolute atomic E-state index is 12.6. The minimum absolute atomic E-state index is 0.125. The molecule has 0 bridgehead atoms. The number of aromatic amines is 1. The van der Waals surface area contributed by atoms with Crippen LogP contribution in [-0.2, 0) is 0 Å². The summed E-state index contributed by atoms with van der Waals surface area (Å²) in [5.41, 5.74) is 1.22. The van der Waals surface area contributed by atoms with Gasteiger partial charge in [0, 0.05) is 24.2 Å². The van der Waals surface area contributed by atoms with Gasteiger partial charge in [0.25, 0.3) is 5.56 Å². The van der Waals surface area contributed by atoms with Crippen molar-refractivity contribution in [1.82, 2.24) is 15.0 Å². The smallest absolute Gasteiger partial charge is 0.262 e. The largest absolute Gasteiger partial charge is 0.342 e. The molecule has 0 aromatic carbocycles. The molecule has 0 spiro atoms. The van der Waals surface area contributed by atoms with Crippen LogP contribution in [0.25, 0.3) is 23.2 Å². The fourth-order valence-electron chi connectivity index (χ4n) is 3.03. The average molecular weight is 338 g/mol. The summed E-state index contributed by atoms with van der Waals surface area (Å²) in [6.45, 7) is 1.87. The number of nitrogens with one attached hydrogen (secondary N) is 1. The quantitative estimate of drug-likeness (QED) is 0.793. The molecule has 0 atom stereocenters. The Hall–Kier alpha value is -2.47. The summed E-state index contributed by atoms with van der Waals surface area (Å²) in [5, 5.41) is 2.58. The van der Waals surface area contributed by atoms with Gasteiger partial charge in [0.1, 0.15) is 0 Å². The highest BCUT2D eigenvalue weighted by molar-refractivity contribution is 7.10. The van der Waals surface area contributed by atoms with Crippen LogP contribution in [0.2, 0.25) is 0 Å². The summed E-state index contributed by atoms with van der Waals surface area (Å²) in [4.78, 5) is 27.8. The van der Waals surface area contributed by atoms with E-state index in [0.29, 0.717) is 17.0 Å².